The Balaban J connectivity index is 1.87. The number of fused-ring (bicyclic) bond motifs is 1. The summed E-state index contributed by atoms with van der Waals surface area (Å²) in [6.45, 7) is 1.95. The van der Waals surface area contributed by atoms with Gasteiger partial charge in [-0.2, -0.15) is 0 Å². The highest BCUT2D eigenvalue weighted by Crippen LogP contribution is 2.28. The predicted molar refractivity (Wildman–Crippen MR) is 90.9 cm³/mol. The van der Waals surface area contributed by atoms with E-state index in [4.69, 9.17) is 5.73 Å². The zero-order valence-electron chi connectivity index (χ0n) is 11.2. The van der Waals surface area contributed by atoms with Crippen molar-refractivity contribution in [3.63, 3.8) is 0 Å². The van der Waals surface area contributed by atoms with E-state index in [0.29, 0.717) is 16.4 Å². The van der Waals surface area contributed by atoms with E-state index in [1.165, 1.54) is 11.3 Å². The topological polar surface area (TPSA) is 68.0 Å². The quantitative estimate of drug-likeness (QED) is 0.672. The minimum Gasteiger partial charge on any atom is -0.399 e. The van der Waals surface area contributed by atoms with Crippen LogP contribution in [0.5, 0.6) is 0 Å². The molecule has 21 heavy (non-hydrogen) atoms. The second kappa shape index (κ2) is 5.46. The van der Waals surface area contributed by atoms with E-state index in [1.54, 1.807) is 12.1 Å². The van der Waals surface area contributed by atoms with Gasteiger partial charge in [0, 0.05) is 15.7 Å². The van der Waals surface area contributed by atoms with E-state index >= 15 is 0 Å². The van der Waals surface area contributed by atoms with Crippen LogP contribution in [0.3, 0.4) is 0 Å². The lowest BCUT2D eigenvalue weighted by molar-refractivity contribution is 0.102. The van der Waals surface area contributed by atoms with Crippen LogP contribution in [-0.2, 0) is 0 Å². The summed E-state index contributed by atoms with van der Waals surface area (Å²) < 4.78 is 1.94. The number of aryl methyl sites for hydroxylation is 1. The van der Waals surface area contributed by atoms with Gasteiger partial charge in [-0.05, 0) is 48.9 Å². The summed E-state index contributed by atoms with van der Waals surface area (Å²) in [6, 6.07) is 11.0. The standard InChI is InChI=1S/C15H12BrN3OS/c1-8-6-9(2-4-11(8)16)14(20)19-15-18-12-5-3-10(17)7-13(12)21-15/h2-7H,17H2,1H3,(H,18,19,20). The third-order valence-electron chi connectivity index (χ3n) is 3.05. The van der Waals surface area contributed by atoms with Crippen LogP contribution in [-0.4, -0.2) is 10.9 Å². The first-order chi connectivity index (χ1) is 10.0. The zero-order chi connectivity index (χ0) is 15.0. The number of hydrogen-bond donors (Lipinski definition) is 2. The lowest BCUT2D eigenvalue weighted by atomic mass is 10.1. The first kappa shape index (κ1) is 14.0. The van der Waals surface area contributed by atoms with Gasteiger partial charge >= 0.3 is 0 Å². The van der Waals surface area contributed by atoms with Crippen molar-refractivity contribution in [3.8, 4) is 0 Å². The van der Waals surface area contributed by atoms with Gasteiger partial charge in [0.1, 0.15) is 0 Å². The van der Waals surface area contributed by atoms with Gasteiger partial charge in [0.25, 0.3) is 5.91 Å². The Morgan fingerprint density at radius 3 is 2.86 bits per heavy atom. The Labute approximate surface area is 134 Å². The average Bonchev–Trinajstić information content (AvgIpc) is 2.83. The van der Waals surface area contributed by atoms with E-state index in [9.17, 15) is 4.79 Å². The number of carbonyl (C=O) groups excluding carboxylic acids is 1. The molecule has 0 fully saturated rings. The second-order valence-electron chi connectivity index (χ2n) is 4.66. The number of anilines is 2. The fourth-order valence-corrected chi connectivity index (χ4v) is 3.11. The van der Waals surface area contributed by atoms with E-state index in [-0.39, 0.29) is 5.91 Å². The van der Waals surface area contributed by atoms with Crippen molar-refractivity contribution in [2.75, 3.05) is 11.1 Å². The van der Waals surface area contributed by atoms with Gasteiger partial charge in [0.05, 0.1) is 10.2 Å². The average molecular weight is 362 g/mol. The molecule has 0 saturated carbocycles. The lowest BCUT2D eigenvalue weighted by Gasteiger charge is -2.04. The monoisotopic (exact) mass is 361 g/mol. The van der Waals surface area contributed by atoms with Gasteiger partial charge < -0.3 is 5.73 Å². The molecule has 1 amide bonds. The highest BCUT2D eigenvalue weighted by molar-refractivity contribution is 9.10. The molecule has 3 aromatic rings. The van der Waals surface area contributed by atoms with E-state index in [0.717, 1.165) is 20.3 Å². The molecule has 106 valence electrons. The Morgan fingerprint density at radius 1 is 1.29 bits per heavy atom. The summed E-state index contributed by atoms with van der Waals surface area (Å²) >= 11 is 4.83. The van der Waals surface area contributed by atoms with Gasteiger partial charge in [-0.1, -0.05) is 27.3 Å². The van der Waals surface area contributed by atoms with Gasteiger partial charge in [0.15, 0.2) is 5.13 Å². The van der Waals surface area contributed by atoms with Crippen molar-refractivity contribution in [2.24, 2.45) is 0 Å². The smallest absolute Gasteiger partial charge is 0.257 e. The molecule has 1 heterocycles. The molecule has 0 atom stereocenters. The molecule has 2 aromatic carbocycles. The first-order valence-electron chi connectivity index (χ1n) is 6.26. The number of aromatic nitrogens is 1. The fraction of sp³-hybridized carbons (Fsp3) is 0.0667. The highest BCUT2D eigenvalue weighted by atomic mass is 79.9. The number of thiazole rings is 1. The number of benzene rings is 2. The second-order valence-corrected chi connectivity index (χ2v) is 6.55. The SMILES string of the molecule is Cc1cc(C(=O)Nc2nc3ccc(N)cc3s2)ccc1Br. The number of nitrogens with two attached hydrogens (primary N) is 1. The van der Waals surface area contributed by atoms with Crippen molar-refractivity contribution >= 4 is 54.2 Å². The molecular weight excluding hydrogens is 350 g/mol. The molecule has 4 nitrogen and oxygen atoms in total. The zero-order valence-corrected chi connectivity index (χ0v) is 13.6. The minimum atomic E-state index is -0.169. The maximum absolute atomic E-state index is 12.2. The molecule has 0 saturated heterocycles. The van der Waals surface area contributed by atoms with E-state index in [2.05, 4.69) is 26.2 Å². The third-order valence-corrected chi connectivity index (χ3v) is 4.88. The van der Waals surface area contributed by atoms with Crippen LogP contribution in [0.1, 0.15) is 15.9 Å². The maximum atomic E-state index is 12.2. The van der Waals surface area contributed by atoms with Gasteiger partial charge in [-0.3, -0.25) is 10.1 Å². The van der Waals surface area contributed by atoms with Crippen LogP contribution in [0.15, 0.2) is 40.9 Å². The summed E-state index contributed by atoms with van der Waals surface area (Å²) in [6.07, 6.45) is 0. The van der Waals surface area contributed by atoms with Crippen molar-refractivity contribution in [1.82, 2.24) is 4.98 Å². The van der Waals surface area contributed by atoms with Crippen molar-refractivity contribution in [2.45, 2.75) is 6.92 Å². The Kier molecular flexibility index (Phi) is 3.65. The number of nitrogens with one attached hydrogen (secondary N) is 1. The van der Waals surface area contributed by atoms with Crippen LogP contribution in [0.4, 0.5) is 10.8 Å². The number of hydrogen-bond acceptors (Lipinski definition) is 4. The van der Waals surface area contributed by atoms with Gasteiger partial charge in [-0.15, -0.1) is 0 Å². The Hall–Kier alpha value is -1.92. The Morgan fingerprint density at radius 2 is 2.10 bits per heavy atom. The number of nitrogen functional groups attached to an aromatic ring is 1. The number of rotatable bonds is 2. The maximum Gasteiger partial charge on any atom is 0.257 e. The van der Waals surface area contributed by atoms with E-state index in [1.807, 2.05) is 31.2 Å². The highest BCUT2D eigenvalue weighted by Gasteiger charge is 2.11. The molecule has 0 unspecified atom stereocenters. The summed E-state index contributed by atoms with van der Waals surface area (Å²) in [4.78, 5) is 16.6. The fourth-order valence-electron chi connectivity index (χ4n) is 1.95. The van der Waals surface area contributed by atoms with E-state index < -0.39 is 0 Å². The van der Waals surface area contributed by atoms with Gasteiger partial charge in [-0.25, -0.2) is 4.98 Å². The minimum absolute atomic E-state index is 0.169. The molecule has 3 N–H and O–H groups in total. The van der Waals surface area contributed by atoms with Crippen molar-refractivity contribution in [1.29, 1.82) is 0 Å². The summed E-state index contributed by atoms with van der Waals surface area (Å²) in [5.41, 5.74) is 8.88. The summed E-state index contributed by atoms with van der Waals surface area (Å²) in [5, 5.41) is 3.40. The number of amides is 1. The van der Waals surface area contributed by atoms with Crippen molar-refractivity contribution in [3.05, 3.63) is 52.0 Å². The third kappa shape index (κ3) is 2.91. The largest absolute Gasteiger partial charge is 0.399 e. The molecular formula is C15H12BrN3OS. The predicted octanol–water partition coefficient (Wildman–Crippen LogP) is 4.20. The molecule has 0 radical (unpaired) electrons. The molecule has 0 bridgehead atoms. The van der Waals surface area contributed by atoms with Crippen LogP contribution < -0.4 is 11.1 Å². The van der Waals surface area contributed by atoms with Crippen molar-refractivity contribution < 1.29 is 4.79 Å². The molecule has 6 heteroatoms. The van der Waals surface area contributed by atoms with Crippen LogP contribution in [0, 0.1) is 6.92 Å². The first-order valence-corrected chi connectivity index (χ1v) is 7.87. The number of nitrogens with zero attached hydrogens (tertiary/aromatic N) is 1. The molecule has 0 aliphatic rings. The molecule has 0 aliphatic heterocycles. The van der Waals surface area contributed by atoms with Crippen LogP contribution in [0.25, 0.3) is 10.2 Å². The molecule has 0 spiro atoms. The normalized spacial score (nSPS) is 10.8. The molecule has 0 aliphatic carbocycles. The number of halogens is 1. The number of carbonyl (C=O) groups is 1. The summed E-state index contributed by atoms with van der Waals surface area (Å²) in [5.74, 6) is -0.169. The molecule has 1 aromatic heterocycles. The Bertz CT molecular complexity index is 844. The van der Waals surface area contributed by atoms with Crippen LogP contribution in [0.2, 0.25) is 0 Å². The lowest BCUT2D eigenvalue weighted by Crippen LogP contribution is -2.11. The van der Waals surface area contributed by atoms with Gasteiger partial charge in [0.2, 0.25) is 0 Å². The molecule has 3 rings (SSSR count). The summed E-state index contributed by atoms with van der Waals surface area (Å²) in [7, 11) is 0. The van der Waals surface area contributed by atoms with Crippen LogP contribution >= 0.6 is 27.3 Å².